The molecule has 0 bridgehead atoms. The molecule has 1 aliphatic rings. The third-order valence-electron chi connectivity index (χ3n) is 5.82. The molecular weight excluding hydrogens is 368 g/mol. The smallest absolute Gasteiger partial charge is 0.252 e. The fraction of sp³-hybridized carbons (Fsp3) is 0.524. The summed E-state index contributed by atoms with van der Waals surface area (Å²) in [7, 11) is 0. The highest BCUT2D eigenvalue weighted by atomic mass is 16.3. The van der Waals surface area contributed by atoms with Gasteiger partial charge in [0.25, 0.3) is 5.56 Å². The lowest BCUT2D eigenvalue weighted by Crippen LogP contribution is -2.31. The van der Waals surface area contributed by atoms with Crippen molar-refractivity contribution in [2.45, 2.75) is 58.2 Å². The first kappa shape index (κ1) is 19.7. The average molecular weight is 396 g/mol. The van der Waals surface area contributed by atoms with E-state index in [9.17, 15) is 9.90 Å². The summed E-state index contributed by atoms with van der Waals surface area (Å²) < 4.78 is 1.94. The zero-order chi connectivity index (χ0) is 20.2. The normalized spacial score (nSPS) is 15.4. The summed E-state index contributed by atoms with van der Waals surface area (Å²) in [4.78, 5) is 17.7. The number of aliphatic hydroxyl groups is 1. The monoisotopic (exact) mass is 396 g/mol. The van der Waals surface area contributed by atoms with Gasteiger partial charge in [0.1, 0.15) is 0 Å². The van der Waals surface area contributed by atoms with Gasteiger partial charge in [-0.3, -0.25) is 9.69 Å². The van der Waals surface area contributed by atoms with E-state index in [1.165, 1.54) is 19.3 Å². The number of para-hydroxylation sites is 1. The van der Waals surface area contributed by atoms with E-state index in [2.05, 4.69) is 20.5 Å². The lowest BCUT2D eigenvalue weighted by Gasteiger charge is -2.25. The molecule has 0 unspecified atom stereocenters. The number of aliphatic hydroxyl groups excluding tert-OH is 1. The van der Waals surface area contributed by atoms with Crippen molar-refractivity contribution in [1.29, 1.82) is 0 Å². The Morgan fingerprint density at radius 1 is 1.24 bits per heavy atom. The van der Waals surface area contributed by atoms with Crippen LogP contribution in [0.25, 0.3) is 10.9 Å². The van der Waals surface area contributed by atoms with Crippen LogP contribution in [0.5, 0.6) is 0 Å². The Bertz CT molecular complexity index is 1020. The van der Waals surface area contributed by atoms with Crippen molar-refractivity contribution >= 4 is 10.9 Å². The SMILES string of the molecule is Cc1cccc2cc(CN(CCO)Cc3nnnn3C3CCCCC3)c(=O)[nH]c12. The number of rotatable bonds is 7. The fourth-order valence-electron chi connectivity index (χ4n) is 4.27. The number of fused-ring (bicyclic) bond motifs is 1. The summed E-state index contributed by atoms with van der Waals surface area (Å²) in [6.45, 7) is 3.37. The van der Waals surface area contributed by atoms with Crippen LogP contribution < -0.4 is 5.56 Å². The molecule has 154 valence electrons. The van der Waals surface area contributed by atoms with E-state index in [-0.39, 0.29) is 12.2 Å². The molecule has 29 heavy (non-hydrogen) atoms. The van der Waals surface area contributed by atoms with E-state index >= 15 is 0 Å². The third-order valence-corrected chi connectivity index (χ3v) is 5.82. The molecule has 1 saturated carbocycles. The molecule has 8 heteroatoms. The Morgan fingerprint density at radius 2 is 2.07 bits per heavy atom. The molecule has 8 nitrogen and oxygen atoms in total. The second-order valence-electron chi connectivity index (χ2n) is 7.93. The number of aryl methyl sites for hydroxylation is 1. The first-order chi connectivity index (χ1) is 14.2. The maximum atomic E-state index is 12.7. The van der Waals surface area contributed by atoms with Crippen molar-refractivity contribution in [3.05, 3.63) is 51.6 Å². The van der Waals surface area contributed by atoms with Crippen molar-refractivity contribution in [2.24, 2.45) is 0 Å². The van der Waals surface area contributed by atoms with E-state index in [0.29, 0.717) is 31.2 Å². The zero-order valence-electron chi connectivity index (χ0n) is 16.8. The molecular formula is C21H28N6O2. The zero-order valence-corrected chi connectivity index (χ0v) is 16.8. The second kappa shape index (κ2) is 8.84. The number of H-pyrrole nitrogens is 1. The minimum atomic E-state index is -0.0957. The van der Waals surface area contributed by atoms with E-state index in [4.69, 9.17) is 0 Å². The molecule has 1 fully saturated rings. The van der Waals surface area contributed by atoms with Gasteiger partial charge >= 0.3 is 0 Å². The van der Waals surface area contributed by atoms with Gasteiger partial charge in [-0.25, -0.2) is 4.68 Å². The van der Waals surface area contributed by atoms with Crippen LogP contribution in [0, 0.1) is 6.92 Å². The summed E-state index contributed by atoms with van der Waals surface area (Å²) in [5.41, 5.74) is 2.50. The summed E-state index contributed by atoms with van der Waals surface area (Å²) in [6.07, 6.45) is 5.88. The molecule has 1 aliphatic carbocycles. The first-order valence-corrected chi connectivity index (χ1v) is 10.4. The van der Waals surface area contributed by atoms with Crippen LogP contribution in [-0.4, -0.2) is 48.3 Å². The van der Waals surface area contributed by atoms with Gasteiger partial charge in [0, 0.05) is 18.7 Å². The minimum Gasteiger partial charge on any atom is -0.395 e. The number of benzene rings is 1. The van der Waals surface area contributed by atoms with Crippen LogP contribution in [0.3, 0.4) is 0 Å². The number of hydrogen-bond donors (Lipinski definition) is 2. The van der Waals surface area contributed by atoms with Crippen LogP contribution in [-0.2, 0) is 13.1 Å². The second-order valence-corrected chi connectivity index (χ2v) is 7.93. The maximum absolute atomic E-state index is 12.7. The molecule has 4 rings (SSSR count). The van der Waals surface area contributed by atoms with Gasteiger partial charge in [-0.15, -0.1) is 5.10 Å². The lowest BCUT2D eigenvalue weighted by molar-refractivity contribution is 0.175. The molecule has 0 atom stereocenters. The van der Waals surface area contributed by atoms with Gasteiger partial charge in [-0.05, 0) is 47.2 Å². The fourth-order valence-corrected chi connectivity index (χ4v) is 4.27. The van der Waals surface area contributed by atoms with Gasteiger partial charge < -0.3 is 10.1 Å². The Kier molecular flexibility index (Phi) is 6.01. The molecule has 2 aromatic heterocycles. The lowest BCUT2D eigenvalue weighted by atomic mass is 9.95. The Hall–Kier alpha value is -2.58. The topological polar surface area (TPSA) is 99.9 Å². The highest BCUT2D eigenvalue weighted by molar-refractivity contribution is 5.81. The molecule has 0 radical (unpaired) electrons. The summed E-state index contributed by atoms with van der Waals surface area (Å²) in [5, 5.41) is 22.9. The van der Waals surface area contributed by atoms with Crippen LogP contribution in [0.2, 0.25) is 0 Å². The van der Waals surface area contributed by atoms with E-state index in [0.717, 1.165) is 35.1 Å². The first-order valence-electron chi connectivity index (χ1n) is 10.4. The summed E-state index contributed by atoms with van der Waals surface area (Å²) in [6, 6.07) is 8.26. The number of tetrazole rings is 1. The number of aromatic amines is 1. The summed E-state index contributed by atoms with van der Waals surface area (Å²) >= 11 is 0. The van der Waals surface area contributed by atoms with Gasteiger partial charge in [0.15, 0.2) is 5.82 Å². The number of pyridine rings is 1. The maximum Gasteiger partial charge on any atom is 0.252 e. The minimum absolute atomic E-state index is 0.00951. The average Bonchev–Trinajstić information content (AvgIpc) is 3.18. The van der Waals surface area contributed by atoms with Crippen LogP contribution in [0.4, 0.5) is 0 Å². The molecule has 0 saturated heterocycles. The molecule has 3 aromatic rings. The number of aromatic nitrogens is 5. The van der Waals surface area contributed by atoms with Crippen molar-refractivity contribution in [2.75, 3.05) is 13.2 Å². The van der Waals surface area contributed by atoms with Gasteiger partial charge in [-0.1, -0.05) is 37.5 Å². The molecule has 0 spiro atoms. The number of nitrogens with zero attached hydrogens (tertiary/aromatic N) is 5. The molecule has 2 N–H and O–H groups in total. The van der Waals surface area contributed by atoms with Crippen LogP contribution >= 0.6 is 0 Å². The van der Waals surface area contributed by atoms with Crippen LogP contribution in [0.1, 0.15) is 55.1 Å². The van der Waals surface area contributed by atoms with E-state index in [1.54, 1.807) is 0 Å². The highest BCUT2D eigenvalue weighted by Gasteiger charge is 2.21. The Labute approximate surface area is 169 Å². The molecule has 0 amide bonds. The quantitative estimate of drug-likeness (QED) is 0.636. The van der Waals surface area contributed by atoms with Gasteiger partial charge in [0.2, 0.25) is 0 Å². The number of hydrogen-bond acceptors (Lipinski definition) is 6. The van der Waals surface area contributed by atoms with Crippen molar-refractivity contribution in [3.8, 4) is 0 Å². The van der Waals surface area contributed by atoms with Crippen LogP contribution in [0.15, 0.2) is 29.1 Å². The molecule has 2 heterocycles. The standard InChI is InChI=1S/C21H28N6O2/c1-15-6-5-7-16-12-17(21(29)22-20(15)16)13-26(10-11-28)14-19-23-24-25-27(19)18-8-3-2-4-9-18/h5-7,12,18,28H,2-4,8-11,13-14H2,1H3,(H,22,29). The highest BCUT2D eigenvalue weighted by Crippen LogP contribution is 2.28. The predicted molar refractivity (Wildman–Crippen MR) is 110 cm³/mol. The largest absolute Gasteiger partial charge is 0.395 e. The molecule has 0 aliphatic heterocycles. The van der Waals surface area contributed by atoms with Crippen molar-refractivity contribution in [3.63, 3.8) is 0 Å². The molecule has 1 aromatic carbocycles. The third kappa shape index (κ3) is 4.38. The van der Waals surface area contributed by atoms with Crippen molar-refractivity contribution in [1.82, 2.24) is 30.1 Å². The summed E-state index contributed by atoms with van der Waals surface area (Å²) in [5.74, 6) is 0.790. The van der Waals surface area contributed by atoms with Gasteiger partial charge in [0.05, 0.1) is 24.7 Å². The predicted octanol–water partition coefficient (Wildman–Crippen LogP) is 2.32. The van der Waals surface area contributed by atoms with E-state index in [1.807, 2.05) is 40.8 Å². The Balaban J connectivity index is 1.56. The van der Waals surface area contributed by atoms with Crippen molar-refractivity contribution < 1.29 is 5.11 Å². The van der Waals surface area contributed by atoms with E-state index < -0.39 is 0 Å². The number of nitrogens with one attached hydrogen (secondary N) is 1. The van der Waals surface area contributed by atoms with Gasteiger partial charge in [-0.2, -0.15) is 0 Å². The Morgan fingerprint density at radius 3 is 2.86 bits per heavy atom.